The van der Waals surface area contributed by atoms with E-state index in [9.17, 15) is 17.8 Å². The van der Waals surface area contributed by atoms with Gasteiger partial charge in [-0.1, -0.05) is 39.0 Å². The predicted octanol–water partition coefficient (Wildman–Crippen LogP) is 1.47. The normalized spacial score (nSPS) is 10.8. The first kappa shape index (κ1) is 34.2. The van der Waals surface area contributed by atoms with Gasteiger partial charge in [-0.2, -0.15) is 0 Å². The SMILES string of the molecule is CCCCCCCCCCCCCCCCC[C](=O)[Na].O=S(=O)([O-])CCO.[Na+]. The van der Waals surface area contributed by atoms with Gasteiger partial charge in [-0.25, -0.2) is 8.42 Å². The van der Waals surface area contributed by atoms with Crippen LogP contribution in [0.25, 0.3) is 0 Å². The summed E-state index contributed by atoms with van der Waals surface area (Å²) < 4.78 is 29.0. The predicted molar refractivity (Wildman–Crippen MR) is 112 cm³/mol. The molecule has 0 amide bonds. The number of carbonyl (C=O) groups excluding carboxylic acids is 1. The van der Waals surface area contributed by atoms with Gasteiger partial charge in [0, 0.05) is 0 Å². The van der Waals surface area contributed by atoms with Gasteiger partial charge in [0.2, 0.25) is 0 Å². The fraction of sp³-hybridized carbons (Fsp3) is 0.950. The molecule has 0 bridgehead atoms. The van der Waals surface area contributed by atoms with E-state index >= 15 is 0 Å². The van der Waals surface area contributed by atoms with Crippen LogP contribution in [0.5, 0.6) is 0 Å². The summed E-state index contributed by atoms with van der Waals surface area (Å²) in [7, 11) is -4.17. The van der Waals surface area contributed by atoms with Crippen molar-refractivity contribution in [1.29, 1.82) is 0 Å². The third-order valence-corrected chi connectivity index (χ3v) is 5.66. The monoisotopic (exact) mass is 438 g/mol. The van der Waals surface area contributed by atoms with Crippen LogP contribution in [0.4, 0.5) is 0 Å². The summed E-state index contributed by atoms with van der Waals surface area (Å²) in [5, 5.41) is 7.82. The number of carbonyl (C=O) groups is 1. The quantitative estimate of drug-likeness (QED) is 0.199. The fourth-order valence-electron chi connectivity index (χ4n) is 2.86. The van der Waals surface area contributed by atoms with E-state index in [1.165, 1.54) is 89.9 Å². The zero-order chi connectivity index (χ0) is 20.8. The first-order valence-corrected chi connectivity index (χ1v) is 13.4. The summed E-state index contributed by atoms with van der Waals surface area (Å²) in [5.41, 5.74) is 0. The minimum atomic E-state index is -4.17. The van der Waals surface area contributed by atoms with E-state index in [-0.39, 0.29) is 29.6 Å². The van der Waals surface area contributed by atoms with Gasteiger partial charge in [0.25, 0.3) is 0 Å². The number of rotatable bonds is 18. The minimum Gasteiger partial charge on any atom is -0.748 e. The van der Waals surface area contributed by atoms with Gasteiger partial charge < -0.3 is 9.66 Å². The molecule has 0 fully saturated rings. The maximum Gasteiger partial charge on any atom is 1.00 e. The summed E-state index contributed by atoms with van der Waals surface area (Å²) in [6, 6.07) is 0. The number of unbranched alkanes of at least 4 members (excludes halogenated alkanes) is 14. The van der Waals surface area contributed by atoms with Gasteiger partial charge in [-0.3, -0.25) is 0 Å². The molecular weight excluding hydrogens is 398 g/mol. The largest absolute Gasteiger partial charge is 1.00 e. The van der Waals surface area contributed by atoms with Crippen LogP contribution in [-0.4, -0.2) is 61.4 Å². The number of hydrogen-bond donors (Lipinski definition) is 1. The Morgan fingerprint density at radius 2 is 1.11 bits per heavy atom. The summed E-state index contributed by atoms with van der Waals surface area (Å²) in [5.74, 6) is -0.688. The zero-order valence-corrected chi connectivity index (χ0v) is 23.5. The average molecular weight is 439 g/mol. The molecule has 0 radical (unpaired) electrons. The Kier molecular flexibility index (Phi) is 32.4. The second-order valence-electron chi connectivity index (χ2n) is 7.39. The van der Waals surface area contributed by atoms with Crippen molar-refractivity contribution in [3.63, 3.8) is 0 Å². The maximum atomic E-state index is 10.8. The Morgan fingerprint density at radius 3 is 1.32 bits per heavy atom. The van der Waals surface area contributed by atoms with Crippen LogP contribution in [0.1, 0.15) is 110 Å². The van der Waals surface area contributed by atoms with E-state index in [2.05, 4.69) is 6.92 Å². The van der Waals surface area contributed by atoms with Crippen molar-refractivity contribution in [1.82, 2.24) is 0 Å². The minimum absolute atomic E-state index is 0. The molecule has 1 N–H and O–H groups in total. The molecule has 8 heteroatoms. The molecule has 0 saturated heterocycles. The second kappa shape index (κ2) is 26.6. The van der Waals surface area contributed by atoms with E-state index in [0.717, 1.165) is 40.8 Å². The molecule has 0 atom stereocenters. The van der Waals surface area contributed by atoms with E-state index in [4.69, 9.17) is 5.11 Å². The van der Waals surface area contributed by atoms with Crippen molar-refractivity contribution in [3.05, 3.63) is 0 Å². The van der Waals surface area contributed by atoms with E-state index < -0.39 is 22.5 Å². The van der Waals surface area contributed by atoms with Gasteiger partial charge in [0.1, 0.15) is 0 Å². The summed E-state index contributed by atoms with van der Waals surface area (Å²) in [6.07, 6.45) is 21.8. The van der Waals surface area contributed by atoms with Crippen molar-refractivity contribution in [3.8, 4) is 0 Å². The van der Waals surface area contributed by atoms with Crippen molar-refractivity contribution in [2.75, 3.05) is 12.4 Å². The Hall–Kier alpha value is 1.54. The van der Waals surface area contributed by atoms with E-state index in [1.807, 2.05) is 0 Å². The van der Waals surface area contributed by atoms with Crippen LogP contribution >= 0.6 is 0 Å². The van der Waals surface area contributed by atoms with Crippen LogP contribution in [0.3, 0.4) is 0 Å². The van der Waals surface area contributed by atoms with Gasteiger partial charge in [0.15, 0.2) is 0 Å². The van der Waals surface area contributed by atoms with Crippen LogP contribution in [0, 0.1) is 0 Å². The third-order valence-electron chi connectivity index (χ3n) is 4.47. The molecule has 0 aromatic heterocycles. The fourth-order valence-corrected chi connectivity index (χ4v) is 3.43. The molecule has 5 nitrogen and oxygen atoms in total. The topological polar surface area (TPSA) is 94.5 Å². The second-order valence-corrected chi connectivity index (χ2v) is 10.0. The molecule has 0 aromatic rings. The Bertz CT molecular complexity index is 417. The number of aliphatic hydroxyl groups excluding tert-OH is 1. The summed E-state index contributed by atoms with van der Waals surface area (Å²) in [6.45, 7) is 1.69. The molecule has 0 aliphatic carbocycles. The van der Waals surface area contributed by atoms with Crippen LogP contribution in [0.2, 0.25) is 0 Å². The van der Waals surface area contributed by atoms with Gasteiger partial charge in [-0.05, 0) is 0 Å². The molecule has 0 aliphatic heterocycles. The van der Waals surface area contributed by atoms with Crippen molar-refractivity contribution in [2.45, 2.75) is 110 Å². The Balaban J connectivity index is -0.000000665. The van der Waals surface area contributed by atoms with Gasteiger partial charge in [0.05, 0.1) is 22.5 Å². The average Bonchev–Trinajstić information content (AvgIpc) is 2.57. The molecular formula is C20H40Na2O5S. The van der Waals surface area contributed by atoms with Gasteiger partial charge in [-0.15, -0.1) is 0 Å². The molecule has 0 rings (SSSR count). The first-order chi connectivity index (χ1) is 12.8. The molecule has 0 heterocycles. The molecule has 0 unspecified atom stereocenters. The number of hydrogen-bond acceptors (Lipinski definition) is 5. The standard InChI is InChI=1S/C18H35O.C2H6O4S.2Na/c1-2-3-4-5-6-7-8-9-10-11-12-13-14-15-16-17-18-19;3-1-2-7(4,5)6;;/h2-17H2,1H3;3H,1-2H2,(H,4,5,6);;/q;;;+1/p-1. The van der Waals surface area contributed by atoms with Crippen LogP contribution in [0.15, 0.2) is 0 Å². The molecule has 0 saturated carbocycles. The summed E-state index contributed by atoms with van der Waals surface area (Å²) in [4.78, 5) is 10.8. The third kappa shape index (κ3) is 38.2. The van der Waals surface area contributed by atoms with Gasteiger partial charge >= 0.3 is 136 Å². The first-order valence-electron chi connectivity index (χ1n) is 10.9. The molecule has 0 aromatic carbocycles. The van der Waals surface area contributed by atoms with Crippen LogP contribution in [-0.2, 0) is 14.9 Å². The van der Waals surface area contributed by atoms with Crippen LogP contribution < -0.4 is 29.6 Å². The molecule has 0 aliphatic rings. The molecule has 0 spiro atoms. The Labute approximate surface area is 213 Å². The van der Waals surface area contributed by atoms with Crippen molar-refractivity contribution >= 4 is 41.1 Å². The number of aliphatic hydroxyl groups is 1. The smallest absolute Gasteiger partial charge is 0.748 e. The van der Waals surface area contributed by atoms with E-state index in [1.54, 1.807) is 0 Å². The zero-order valence-electron chi connectivity index (χ0n) is 18.7. The maximum absolute atomic E-state index is 10.8. The Morgan fingerprint density at radius 1 is 0.786 bits per heavy atom. The molecule has 158 valence electrons. The van der Waals surface area contributed by atoms with E-state index in [0.29, 0.717) is 3.03 Å². The molecule has 28 heavy (non-hydrogen) atoms. The van der Waals surface area contributed by atoms with Crippen molar-refractivity contribution < 1.29 is 52.4 Å². The summed E-state index contributed by atoms with van der Waals surface area (Å²) >= 11 is 0.751. The van der Waals surface area contributed by atoms with Crippen molar-refractivity contribution in [2.24, 2.45) is 0 Å².